The highest BCUT2D eigenvalue weighted by atomic mass is 16.5. The van der Waals surface area contributed by atoms with Crippen molar-refractivity contribution in [3.8, 4) is 0 Å². The number of carbonyl (C=O) groups is 1. The molecule has 2 aromatic rings. The van der Waals surface area contributed by atoms with Gasteiger partial charge in [0.1, 0.15) is 18.2 Å². The van der Waals surface area contributed by atoms with Crippen molar-refractivity contribution in [1.82, 2.24) is 30.6 Å². The van der Waals surface area contributed by atoms with E-state index in [2.05, 4.69) is 25.9 Å². The Morgan fingerprint density at radius 1 is 1.46 bits per heavy atom. The minimum absolute atomic E-state index is 0.0442. The van der Waals surface area contributed by atoms with Gasteiger partial charge in [0.15, 0.2) is 5.82 Å². The molecule has 3 rings (SSSR count). The van der Waals surface area contributed by atoms with Gasteiger partial charge in [-0.3, -0.25) is 0 Å². The van der Waals surface area contributed by atoms with E-state index in [0.29, 0.717) is 18.9 Å². The number of ether oxygens (including phenoxy) is 1. The molecule has 0 saturated carbocycles. The van der Waals surface area contributed by atoms with Gasteiger partial charge >= 0.3 is 6.03 Å². The first-order chi connectivity index (χ1) is 12.5. The lowest BCUT2D eigenvalue weighted by molar-refractivity contribution is 0.177. The average Bonchev–Trinajstić information content (AvgIpc) is 3.13. The molecule has 2 amide bonds. The van der Waals surface area contributed by atoms with Crippen LogP contribution in [0.5, 0.6) is 0 Å². The summed E-state index contributed by atoms with van der Waals surface area (Å²) in [6.07, 6.45) is 2.46. The van der Waals surface area contributed by atoms with Gasteiger partial charge in [-0.15, -0.1) is 0 Å². The third kappa shape index (κ3) is 4.04. The fourth-order valence-corrected chi connectivity index (χ4v) is 3.30. The van der Waals surface area contributed by atoms with Gasteiger partial charge in [0.25, 0.3) is 0 Å². The third-order valence-corrected chi connectivity index (χ3v) is 4.57. The Morgan fingerprint density at radius 2 is 2.27 bits per heavy atom. The SMILES string of the molecule is COCc1nc2n(n1)CCCC2NC(=O)NC(C)Cc1c(C)noc1C. The van der Waals surface area contributed by atoms with Gasteiger partial charge in [-0.1, -0.05) is 5.16 Å². The smallest absolute Gasteiger partial charge is 0.315 e. The zero-order valence-electron chi connectivity index (χ0n) is 15.7. The van der Waals surface area contributed by atoms with E-state index in [-0.39, 0.29) is 18.1 Å². The molecule has 2 aromatic heterocycles. The van der Waals surface area contributed by atoms with Crippen LogP contribution in [-0.2, 0) is 24.3 Å². The molecule has 26 heavy (non-hydrogen) atoms. The van der Waals surface area contributed by atoms with Gasteiger partial charge in [-0.05, 0) is 40.0 Å². The maximum atomic E-state index is 12.4. The molecule has 2 unspecified atom stereocenters. The van der Waals surface area contributed by atoms with Crippen molar-refractivity contribution in [2.75, 3.05) is 7.11 Å². The molecule has 0 saturated heterocycles. The zero-order valence-corrected chi connectivity index (χ0v) is 15.7. The Hall–Kier alpha value is -2.42. The van der Waals surface area contributed by atoms with Gasteiger partial charge < -0.3 is 19.9 Å². The number of fused-ring (bicyclic) bond motifs is 1. The molecule has 0 radical (unpaired) electrons. The standard InChI is InChI=1S/C17H26N6O3/c1-10(8-13-11(2)22-26-12(13)3)18-17(24)19-14-6-5-7-23-16(14)20-15(21-23)9-25-4/h10,14H,5-9H2,1-4H3,(H2,18,19,24). The molecule has 3 heterocycles. The van der Waals surface area contributed by atoms with Gasteiger partial charge in [0.05, 0.1) is 11.7 Å². The van der Waals surface area contributed by atoms with Crippen molar-refractivity contribution in [1.29, 1.82) is 0 Å². The van der Waals surface area contributed by atoms with Crippen LogP contribution in [0.4, 0.5) is 4.79 Å². The van der Waals surface area contributed by atoms with Gasteiger partial charge in [-0.25, -0.2) is 14.5 Å². The lowest BCUT2D eigenvalue weighted by atomic mass is 10.1. The Bertz CT molecular complexity index is 749. The monoisotopic (exact) mass is 362 g/mol. The normalized spacial score (nSPS) is 17.6. The minimum Gasteiger partial charge on any atom is -0.377 e. The number of amides is 2. The van der Waals surface area contributed by atoms with Crippen LogP contribution in [0.2, 0.25) is 0 Å². The number of rotatable bonds is 6. The van der Waals surface area contributed by atoms with Gasteiger partial charge in [0.2, 0.25) is 0 Å². The molecule has 0 aromatic carbocycles. The van der Waals surface area contributed by atoms with E-state index in [0.717, 1.165) is 42.2 Å². The van der Waals surface area contributed by atoms with E-state index < -0.39 is 0 Å². The number of urea groups is 1. The number of hydrogen-bond donors (Lipinski definition) is 2. The van der Waals surface area contributed by atoms with E-state index in [1.165, 1.54) is 0 Å². The summed E-state index contributed by atoms with van der Waals surface area (Å²) in [5.41, 5.74) is 1.90. The van der Waals surface area contributed by atoms with Crippen LogP contribution in [0.1, 0.15) is 54.5 Å². The summed E-state index contributed by atoms with van der Waals surface area (Å²) in [6.45, 7) is 6.94. The average molecular weight is 362 g/mol. The van der Waals surface area contributed by atoms with E-state index in [1.54, 1.807) is 7.11 Å². The quantitative estimate of drug-likeness (QED) is 0.811. The molecular weight excluding hydrogens is 336 g/mol. The van der Waals surface area contributed by atoms with E-state index >= 15 is 0 Å². The van der Waals surface area contributed by atoms with Crippen LogP contribution < -0.4 is 10.6 Å². The minimum atomic E-state index is -0.209. The van der Waals surface area contributed by atoms with Crippen molar-refractivity contribution in [2.45, 2.75) is 65.3 Å². The molecular formula is C17H26N6O3. The van der Waals surface area contributed by atoms with Crippen LogP contribution in [0.25, 0.3) is 0 Å². The van der Waals surface area contributed by atoms with Crippen LogP contribution in [0, 0.1) is 13.8 Å². The van der Waals surface area contributed by atoms with Gasteiger partial charge in [0, 0.05) is 25.3 Å². The molecule has 2 atom stereocenters. The van der Waals surface area contributed by atoms with Crippen LogP contribution >= 0.6 is 0 Å². The summed E-state index contributed by atoms with van der Waals surface area (Å²) >= 11 is 0. The van der Waals surface area contributed by atoms with Crippen LogP contribution in [0.15, 0.2) is 4.52 Å². The highest BCUT2D eigenvalue weighted by Gasteiger charge is 2.26. The molecule has 0 fully saturated rings. The maximum Gasteiger partial charge on any atom is 0.315 e. The first-order valence-corrected chi connectivity index (χ1v) is 8.89. The number of methoxy groups -OCH3 is 1. The Kier molecular flexibility index (Phi) is 5.55. The van der Waals surface area contributed by atoms with Crippen molar-refractivity contribution >= 4 is 6.03 Å². The fourth-order valence-electron chi connectivity index (χ4n) is 3.30. The van der Waals surface area contributed by atoms with Crippen LogP contribution in [0.3, 0.4) is 0 Å². The summed E-state index contributed by atoms with van der Waals surface area (Å²) in [6, 6.07) is -0.399. The number of hydrogen-bond acceptors (Lipinski definition) is 6. The summed E-state index contributed by atoms with van der Waals surface area (Å²) in [7, 11) is 1.61. The molecule has 0 spiro atoms. The fraction of sp³-hybridized carbons (Fsp3) is 0.647. The first-order valence-electron chi connectivity index (χ1n) is 8.89. The van der Waals surface area contributed by atoms with Crippen molar-refractivity contribution in [3.05, 3.63) is 28.7 Å². The second kappa shape index (κ2) is 7.86. The zero-order chi connectivity index (χ0) is 18.7. The van der Waals surface area contributed by atoms with Crippen LogP contribution in [-0.4, -0.2) is 39.1 Å². The lowest BCUT2D eigenvalue weighted by Gasteiger charge is -2.24. The number of nitrogens with zero attached hydrogens (tertiary/aromatic N) is 4. The molecule has 1 aliphatic heterocycles. The highest BCUT2D eigenvalue weighted by Crippen LogP contribution is 2.23. The van der Waals surface area contributed by atoms with E-state index in [1.807, 2.05) is 25.5 Å². The summed E-state index contributed by atoms with van der Waals surface area (Å²) in [5, 5.41) is 14.4. The summed E-state index contributed by atoms with van der Waals surface area (Å²) < 4.78 is 12.1. The topological polar surface area (TPSA) is 107 Å². The van der Waals surface area contributed by atoms with Crippen molar-refractivity contribution < 1.29 is 14.1 Å². The molecule has 9 nitrogen and oxygen atoms in total. The molecule has 1 aliphatic rings. The number of aryl methyl sites for hydroxylation is 3. The molecule has 0 bridgehead atoms. The number of aromatic nitrogens is 4. The second-order valence-electron chi connectivity index (χ2n) is 6.76. The second-order valence-corrected chi connectivity index (χ2v) is 6.76. The number of carbonyl (C=O) groups excluding carboxylic acids is 1. The Balaban J connectivity index is 1.59. The molecule has 9 heteroatoms. The van der Waals surface area contributed by atoms with Crippen molar-refractivity contribution in [2.24, 2.45) is 0 Å². The van der Waals surface area contributed by atoms with E-state index in [9.17, 15) is 4.79 Å². The Morgan fingerprint density at radius 3 is 2.96 bits per heavy atom. The number of nitrogens with one attached hydrogen (secondary N) is 2. The van der Waals surface area contributed by atoms with Gasteiger partial charge in [-0.2, -0.15) is 5.10 Å². The predicted octanol–water partition coefficient (Wildman–Crippen LogP) is 1.79. The Labute approximate surface area is 152 Å². The predicted molar refractivity (Wildman–Crippen MR) is 93.5 cm³/mol. The largest absolute Gasteiger partial charge is 0.377 e. The van der Waals surface area contributed by atoms with Crippen molar-refractivity contribution in [3.63, 3.8) is 0 Å². The molecule has 0 aliphatic carbocycles. The first kappa shape index (κ1) is 18.4. The molecule has 142 valence electrons. The van der Waals surface area contributed by atoms with E-state index in [4.69, 9.17) is 9.26 Å². The third-order valence-electron chi connectivity index (χ3n) is 4.57. The molecule has 2 N–H and O–H groups in total. The summed E-state index contributed by atoms with van der Waals surface area (Å²) in [4.78, 5) is 16.9. The lowest BCUT2D eigenvalue weighted by Crippen LogP contribution is -2.44. The summed E-state index contributed by atoms with van der Waals surface area (Å²) in [5.74, 6) is 2.22. The highest BCUT2D eigenvalue weighted by molar-refractivity contribution is 5.74. The maximum absolute atomic E-state index is 12.4.